The molecule has 1 aromatic rings. The molecule has 20 heavy (non-hydrogen) atoms. The molecule has 0 fully saturated rings. The molecule has 0 aliphatic heterocycles. The predicted molar refractivity (Wildman–Crippen MR) is 81.3 cm³/mol. The lowest BCUT2D eigenvalue weighted by atomic mass is 9.90. The van der Waals surface area contributed by atoms with Gasteiger partial charge in [0.15, 0.2) is 0 Å². The lowest BCUT2D eigenvalue weighted by Crippen LogP contribution is -2.34. The molecular weight excluding hydrogens is 300 g/mol. The molecule has 1 rings (SSSR count). The molecule has 0 aromatic heterocycles. The molecule has 0 spiro atoms. The molecule has 5 nitrogen and oxygen atoms in total. The number of halogens is 1. The zero-order chi connectivity index (χ0) is 15.6. The van der Waals surface area contributed by atoms with E-state index >= 15 is 0 Å². The van der Waals surface area contributed by atoms with Gasteiger partial charge in [0.05, 0.1) is 4.90 Å². The van der Waals surface area contributed by atoms with Crippen LogP contribution in [0, 0.1) is 12.3 Å². The molecule has 0 aliphatic carbocycles. The quantitative estimate of drug-likeness (QED) is 0.698. The highest BCUT2D eigenvalue weighted by Gasteiger charge is 2.22. The van der Waals surface area contributed by atoms with Gasteiger partial charge in [-0.3, -0.25) is 0 Å². The minimum absolute atomic E-state index is 0.0119. The number of benzene rings is 1. The molecule has 114 valence electrons. The molecule has 0 aliphatic rings. The van der Waals surface area contributed by atoms with E-state index in [0.717, 1.165) is 0 Å². The second kappa shape index (κ2) is 6.30. The zero-order valence-corrected chi connectivity index (χ0v) is 13.5. The molecule has 1 aromatic carbocycles. The smallest absolute Gasteiger partial charge is 0.240 e. The maximum atomic E-state index is 12.2. The van der Waals surface area contributed by atoms with Crippen LogP contribution < -0.4 is 10.5 Å². The van der Waals surface area contributed by atoms with Crippen LogP contribution in [-0.4, -0.2) is 26.7 Å². The Labute approximate surface area is 125 Å². The fourth-order valence-corrected chi connectivity index (χ4v) is 3.19. The highest BCUT2D eigenvalue weighted by Crippen LogP contribution is 2.26. The zero-order valence-electron chi connectivity index (χ0n) is 11.9. The summed E-state index contributed by atoms with van der Waals surface area (Å²) in [5.41, 5.74) is 6.41. The Morgan fingerprint density at radius 2 is 2.00 bits per heavy atom. The minimum atomic E-state index is -3.67. The summed E-state index contributed by atoms with van der Waals surface area (Å²) in [5, 5.41) is 9.26. The van der Waals surface area contributed by atoms with E-state index in [9.17, 15) is 8.42 Å². The Balaban J connectivity index is 2.95. The van der Waals surface area contributed by atoms with Crippen LogP contribution in [0.5, 0.6) is 0 Å². The van der Waals surface area contributed by atoms with Gasteiger partial charge in [-0.15, -0.1) is 0 Å². The van der Waals surface area contributed by atoms with Crippen molar-refractivity contribution in [2.24, 2.45) is 5.41 Å². The highest BCUT2D eigenvalue weighted by molar-refractivity contribution is 7.89. The predicted octanol–water partition coefficient (Wildman–Crippen LogP) is 1.92. The SMILES string of the molecule is Cc1c(N)cc(S(=O)(=O)NCC(C)(C)CCO)cc1Cl. The van der Waals surface area contributed by atoms with Crippen LogP contribution >= 0.6 is 11.6 Å². The number of hydrogen-bond donors (Lipinski definition) is 3. The Kier molecular flexibility index (Phi) is 5.43. The Morgan fingerprint density at radius 3 is 2.50 bits per heavy atom. The summed E-state index contributed by atoms with van der Waals surface area (Å²) in [5.74, 6) is 0. The van der Waals surface area contributed by atoms with E-state index in [1.165, 1.54) is 12.1 Å². The third-order valence-electron chi connectivity index (χ3n) is 3.20. The molecule has 0 atom stereocenters. The van der Waals surface area contributed by atoms with E-state index < -0.39 is 10.0 Å². The van der Waals surface area contributed by atoms with E-state index in [1.54, 1.807) is 6.92 Å². The third kappa shape index (κ3) is 4.34. The fraction of sp³-hybridized carbons (Fsp3) is 0.538. The maximum Gasteiger partial charge on any atom is 0.240 e. The number of anilines is 1. The van der Waals surface area contributed by atoms with E-state index in [2.05, 4.69) is 4.72 Å². The normalized spacial score (nSPS) is 12.7. The summed E-state index contributed by atoms with van der Waals surface area (Å²) in [6, 6.07) is 2.78. The number of sulfonamides is 1. The summed E-state index contributed by atoms with van der Waals surface area (Å²) in [6.07, 6.45) is 0.506. The van der Waals surface area contributed by atoms with Crippen molar-refractivity contribution in [2.45, 2.75) is 32.1 Å². The molecule has 0 heterocycles. The number of nitrogens with two attached hydrogens (primary N) is 1. The monoisotopic (exact) mass is 320 g/mol. The Hall–Kier alpha value is -0.820. The number of nitrogens with one attached hydrogen (secondary N) is 1. The average molecular weight is 321 g/mol. The summed E-state index contributed by atoms with van der Waals surface area (Å²) < 4.78 is 26.9. The van der Waals surface area contributed by atoms with Crippen molar-refractivity contribution in [3.05, 3.63) is 22.7 Å². The van der Waals surface area contributed by atoms with E-state index in [0.29, 0.717) is 22.7 Å². The highest BCUT2D eigenvalue weighted by atomic mass is 35.5. The molecule has 4 N–H and O–H groups in total. The first-order valence-electron chi connectivity index (χ1n) is 6.25. The maximum absolute atomic E-state index is 12.2. The van der Waals surface area contributed by atoms with Crippen molar-refractivity contribution in [3.8, 4) is 0 Å². The number of rotatable bonds is 6. The summed E-state index contributed by atoms with van der Waals surface area (Å²) >= 11 is 5.96. The molecule has 0 unspecified atom stereocenters. The number of aliphatic hydroxyl groups excluding tert-OH is 1. The Bertz CT molecular complexity index is 562. The van der Waals surface area contributed by atoms with Gasteiger partial charge in [-0.25, -0.2) is 13.1 Å². The second-order valence-corrected chi connectivity index (χ2v) is 7.76. The van der Waals surface area contributed by atoms with Gasteiger partial charge in [-0.1, -0.05) is 25.4 Å². The Morgan fingerprint density at radius 1 is 1.40 bits per heavy atom. The molecule has 0 bridgehead atoms. The second-order valence-electron chi connectivity index (χ2n) is 5.58. The van der Waals surface area contributed by atoms with Gasteiger partial charge in [-0.05, 0) is 36.5 Å². The van der Waals surface area contributed by atoms with Gasteiger partial charge < -0.3 is 10.8 Å². The van der Waals surface area contributed by atoms with Gasteiger partial charge in [0, 0.05) is 23.9 Å². The first kappa shape index (κ1) is 17.2. The fourth-order valence-electron chi connectivity index (χ4n) is 1.59. The molecule has 0 amide bonds. The van der Waals surface area contributed by atoms with E-state index in [4.69, 9.17) is 22.4 Å². The minimum Gasteiger partial charge on any atom is -0.398 e. The number of hydrogen-bond acceptors (Lipinski definition) is 4. The van der Waals surface area contributed by atoms with E-state index in [-0.39, 0.29) is 23.5 Å². The average Bonchev–Trinajstić information content (AvgIpc) is 2.33. The van der Waals surface area contributed by atoms with Crippen molar-refractivity contribution in [3.63, 3.8) is 0 Å². The van der Waals surface area contributed by atoms with Crippen molar-refractivity contribution >= 4 is 27.3 Å². The van der Waals surface area contributed by atoms with Crippen LogP contribution in [0.25, 0.3) is 0 Å². The van der Waals surface area contributed by atoms with Crippen molar-refractivity contribution < 1.29 is 13.5 Å². The van der Waals surface area contributed by atoms with Crippen LogP contribution in [0.1, 0.15) is 25.8 Å². The van der Waals surface area contributed by atoms with Crippen LogP contribution in [-0.2, 0) is 10.0 Å². The lowest BCUT2D eigenvalue weighted by Gasteiger charge is -2.23. The van der Waals surface area contributed by atoms with Crippen molar-refractivity contribution in [1.29, 1.82) is 0 Å². The van der Waals surface area contributed by atoms with Gasteiger partial charge in [-0.2, -0.15) is 0 Å². The molecule has 0 radical (unpaired) electrons. The molecule has 0 saturated heterocycles. The molecule has 7 heteroatoms. The third-order valence-corrected chi connectivity index (χ3v) is 4.97. The van der Waals surface area contributed by atoms with Crippen LogP contribution in [0.2, 0.25) is 5.02 Å². The van der Waals surface area contributed by atoms with Crippen molar-refractivity contribution in [2.75, 3.05) is 18.9 Å². The topological polar surface area (TPSA) is 92.4 Å². The first-order chi connectivity index (χ1) is 9.09. The largest absolute Gasteiger partial charge is 0.398 e. The van der Waals surface area contributed by atoms with Gasteiger partial charge in [0.2, 0.25) is 10.0 Å². The van der Waals surface area contributed by atoms with Gasteiger partial charge in [0.1, 0.15) is 0 Å². The van der Waals surface area contributed by atoms with Crippen LogP contribution in [0.3, 0.4) is 0 Å². The van der Waals surface area contributed by atoms with Crippen LogP contribution in [0.4, 0.5) is 5.69 Å². The van der Waals surface area contributed by atoms with Crippen molar-refractivity contribution in [1.82, 2.24) is 4.72 Å². The molecule has 0 saturated carbocycles. The first-order valence-corrected chi connectivity index (χ1v) is 8.11. The van der Waals surface area contributed by atoms with E-state index in [1.807, 2.05) is 13.8 Å². The van der Waals surface area contributed by atoms with Crippen LogP contribution in [0.15, 0.2) is 17.0 Å². The molecular formula is C13H21ClN2O3S. The van der Waals surface area contributed by atoms with Gasteiger partial charge in [0.25, 0.3) is 0 Å². The standard InChI is InChI=1S/C13H21ClN2O3S/c1-9-11(14)6-10(7-12(9)15)20(18,19)16-8-13(2,3)4-5-17/h6-7,16-17H,4-5,8,15H2,1-3H3. The number of aliphatic hydroxyl groups is 1. The summed E-state index contributed by atoms with van der Waals surface area (Å²) in [6.45, 7) is 5.72. The summed E-state index contributed by atoms with van der Waals surface area (Å²) in [7, 11) is -3.67. The van der Waals surface area contributed by atoms with Gasteiger partial charge >= 0.3 is 0 Å². The summed E-state index contributed by atoms with van der Waals surface area (Å²) in [4.78, 5) is 0.0467. The number of nitrogen functional groups attached to an aromatic ring is 1. The lowest BCUT2D eigenvalue weighted by molar-refractivity contribution is 0.213.